The molecule has 0 amide bonds. The first-order valence-electron chi connectivity index (χ1n) is 22.3. The molecule has 0 aliphatic heterocycles. The Bertz CT molecular complexity index is 3400. The van der Waals surface area contributed by atoms with Crippen LogP contribution in [0.3, 0.4) is 0 Å². The summed E-state index contributed by atoms with van der Waals surface area (Å²) >= 11 is 0. The number of hydrogen-bond donors (Lipinski definition) is 0. The third-order valence-corrected chi connectivity index (χ3v) is 13.0. The molecule has 0 radical (unpaired) electrons. The standard InChI is InChI=1S/C62H44N2/c1-3-13-43(14-4-1)50-19-10-20-51(41-50)46-33-39-55(40-34-46)63(59-26-12-16-47-15-7-8-24-57(47)59)54-35-29-44(30-36-54)45-31-37-56(38-32-45)64(53-22-5-2-6-23-53)60-42-52-21-9-17-48-27-28-49-18-11-25-58(60)62(49)61(48)52/h1-16,19-42H,17-18H2. The van der Waals surface area contributed by atoms with Gasteiger partial charge in [0.15, 0.2) is 0 Å². The summed E-state index contributed by atoms with van der Waals surface area (Å²) in [5.74, 6) is 0. The van der Waals surface area contributed by atoms with Crippen LogP contribution in [-0.2, 0) is 12.8 Å². The van der Waals surface area contributed by atoms with E-state index in [9.17, 15) is 0 Å². The van der Waals surface area contributed by atoms with E-state index in [2.05, 4.69) is 252 Å². The molecule has 0 bridgehead atoms. The van der Waals surface area contributed by atoms with E-state index in [1.54, 1.807) is 0 Å². The first-order valence-corrected chi connectivity index (χ1v) is 22.3. The molecule has 0 fully saturated rings. The number of benzene rings is 10. The number of hydrogen-bond acceptors (Lipinski definition) is 2. The van der Waals surface area contributed by atoms with Gasteiger partial charge < -0.3 is 9.80 Å². The van der Waals surface area contributed by atoms with Crippen LogP contribution >= 0.6 is 0 Å². The van der Waals surface area contributed by atoms with Crippen LogP contribution in [0, 0.1) is 0 Å². The highest BCUT2D eigenvalue weighted by Crippen LogP contribution is 2.46. The summed E-state index contributed by atoms with van der Waals surface area (Å²) in [4.78, 5) is 4.82. The van der Waals surface area contributed by atoms with Crippen LogP contribution in [-0.4, -0.2) is 0 Å². The van der Waals surface area contributed by atoms with Crippen LogP contribution in [0.25, 0.3) is 67.1 Å². The Labute approximate surface area is 375 Å². The molecule has 0 heterocycles. The molecule has 10 aromatic carbocycles. The average Bonchev–Trinajstić information content (AvgIpc) is 3.37. The summed E-state index contributed by atoms with van der Waals surface area (Å²) in [5.41, 5.74) is 19.4. The van der Waals surface area contributed by atoms with Crippen molar-refractivity contribution in [3.8, 4) is 33.4 Å². The van der Waals surface area contributed by atoms with E-state index in [0.29, 0.717) is 0 Å². The molecule has 0 aromatic heterocycles. The lowest BCUT2D eigenvalue weighted by molar-refractivity contribution is 1.22. The molecule has 0 N–H and O–H groups in total. The molecular weight excluding hydrogens is 773 g/mol. The Balaban J connectivity index is 0.900. The molecule has 302 valence electrons. The molecule has 2 nitrogen and oxygen atoms in total. The van der Waals surface area contributed by atoms with Crippen molar-refractivity contribution in [1.82, 2.24) is 0 Å². The first-order chi connectivity index (χ1) is 31.7. The van der Waals surface area contributed by atoms with Crippen molar-refractivity contribution in [3.05, 3.63) is 253 Å². The molecule has 2 aliphatic carbocycles. The number of para-hydroxylation sites is 1. The largest absolute Gasteiger partial charge is 0.310 e. The zero-order chi connectivity index (χ0) is 42.4. The molecular formula is C62H44N2. The molecule has 2 aliphatic rings. The topological polar surface area (TPSA) is 6.48 Å². The van der Waals surface area contributed by atoms with Gasteiger partial charge in [-0.25, -0.2) is 0 Å². The highest BCUT2D eigenvalue weighted by Gasteiger charge is 2.24. The van der Waals surface area contributed by atoms with Gasteiger partial charge in [0.25, 0.3) is 0 Å². The lowest BCUT2D eigenvalue weighted by atomic mass is 9.84. The van der Waals surface area contributed by atoms with Crippen molar-refractivity contribution in [1.29, 1.82) is 0 Å². The van der Waals surface area contributed by atoms with E-state index in [1.807, 2.05) is 0 Å². The first kappa shape index (κ1) is 37.6. The van der Waals surface area contributed by atoms with Gasteiger partial charge >= 0.3 is 0 Å². The third kappa shape index (κ3) is 6.68. The maximum absolute atomic E-state index is 2.43. The van der Waals surface area contributed by atoms with E-state index in [-0.39, 0.29) is 0 Å². The van der Waals surface area contributed by atoms with E-state index in [0.717, 1.165) is 41.3 Å². The zero-order valence-corrected chi connectivity index (χ0v) is 35.4. The third-order valence-electron chi connectivity index (χ3n) is 13.0. The average molecular weight is 817 g/mol. The van der Waals surface area contributed by atoms with Gasteiger partial charge in [0.1, 0.15) is 0 Å². The summed E-state index contributed by atoms with van der Waals surface area (Å²) in [6, 6.07) is 79.7. The molecule has 64 heavy (non-hydrogen) atoms. The van der Waals surface area contributed by atoms with Crippen LogP contribution in [0.5, 0.6) is 0 Å². The van der Waals surface area contributed by atoms with Crippen molar-refractivity contribution in [2.45, 2.75) is 12.8 Å². The fourth-order valence-electron chi connectivity index (χ4n) is 9.95. The smallest absolute Gasteiger partial charge is 0.0546 e. The van der Waals surface area contributed by atoms with Crippen LogP contribution in [0.2, 0.25) is 0 Å². The molecule has 0 atom stereocenters. The Hall–Kier alpha value is -8.20. The SMILES string of the molecule is C1=Cc2cc(N(c3ccccc3)c3ccc(-c4ccc(N(c5ccc(-c6cccc(-c7ccccc7)c6)cc5)c5cccc6ccccc56)cc4)cc3)c3c4c(ccc(c24)C1)CC=C3. The number of fused-ring (bicyclic) bond motifs is 1. The highest BCUT2D eigenvalue weighted by molar-refractivity contribution is 6.08. The van der Waals surface area contributed by atoms with E-state index in [4.69, 9.17) is 0 Å². The second kappa shape index (κ2) is 15.9. The summed E-state index contributed by atoms with van der Waals surface area (Å²) in [6.07, 6.45) is 11.2. The van der Waals surface area contributed by atoms with Gasteiger partial charge in [-0.05, 0) is 146 Å². The maximum atomic E-state index is 2.43. The van der Waals surface area contributed by atoms with Crippen molar-refractivity contribution >= 4 is 67.8 Å². The lowest BCUT2D eigenvalue weighted by Crippen LogP contribution is -2.13. The normalized spacial score (nSPS) is 12.4. The van der Waals surface area contributed by atoms with Crippen molar-refractivity contribution in [3.63, 3.8) is 0 Å². The van der Waals surface area contributed by atoms with Crippen molar-refractivity contribution < 1.29 is 0 Å². The number of anilines is 6. The fraction of sp³-hybridized carbons (Fsp3) is 0.0323. The number of rotatable bonds is 9. The monoisotopic (exact) mass is 816 g/mol. The highest BCUT2D eigenvalue weighted by atomic mass is 15.1. The molecule has 0 spiro atoms. The summed E-state index contributed by atoms with van der Waals surface area (Å²) in [7, 11) is 0. The minimum atomic E-state index is 0.964. The van der Waals surface area contributed by atoms with Crippen molar-refractivity contribution in [2.75, 3.05) is 9.80 Å². The predicted octanol–water partition coefficient (Wildman–Crippen LogP) is 17.1. The van der Waals surface area contributed by atoms with Crippen LogP contribution in [0.4, 0.5) is 34.1 Å². The lowest BCUT2D eigenvalue weighted by Gasteiger charge is -2.31. The predicted molar refractivity (Wildman–Crippen MR) is 273 cm³/mol. The fourth-order valence-corrected chi connectivity index (χ4v) is 9.95. The minimum Gasteiger partial charge on any atom is -0.310 e. The second-order valence-electron chi connectivity index (χ2n) is 16.8. The number of nitrogens with zero attached hydrogens (tertiary/aromatic N) is 2. The van der Waals surface area contributed by atoms with Crippen LogP contribution in [0.1, 0.15) is 22.3 Å². The van der Waals surface area contributed by atoms with Crippen LogP contribution < -0.4 is 9.80 Å². The molecule has 0 saturated heterocycles. The maximum Gasteiger partial charge on any atom is 0.0546 e. The van der Waals surface area contributed by atoms with Gasteiger partial charge in [0.2, 0.25) is 0 Å². The Morgan fingerprint density at radius 1 is 0.312 bits per heavy atom. The van der Waals surface area contributed by atoms with Gasteiger partial charge in [0, 0.05) is 33.7 Å². The zero-order valence-electron chi connectivity index (χ0n) is 35.4. The van der Waals surface area contributed by atoms with Gasteiger partial charge in [-0.3, -0.25) is 0 Å². The summed E-state index contributed by atoms with van der Waals surface area (Å²) < 4.78 is 0. The van der Waals surface area contributed by atoms with Gasteiger partial charge in [-0.15, -0.1) is 0 Å². The second-order valence-corrected chi connectivity index (χ2v) is 16.8. The van der Waals surface area contributed by atoms with Crippen LogP contribution in [0.15, 0.2) is 231 Å². The van der Waals surface area contributed by atoms with E-state index >= 15 is 0 Å². The van der Waals surface area contributed by atoms with Gasteiger partial charge in [-0.2, -0.15) is 0 Å². The minimum absolute atomic E-state index is 0.964. The van der Waals surface area contributed by atoms with E-state index < -0.39 is 0 Å². The van der Waals surface area contributed by atoms with Crippen molar-refractivity contribution in [2.24, 2.45) is 0 Å². The Morgan fingerprint density at radius 2 is 0.781 bits per heavy atom. The Morgan fingerprint density at radius 3 is 1.44 bits per heavy atom. The quantitative estimate of drug-likeness (QED) is 0.143. The Kier molecular flexibility index (Phi) is 9.34. The molecule has 0 unspecified atom stereocenters. The molecule has 10 aromatic rings. The molecule has 2 heteroatoms. The van der Waals surface area contributed by atoms with E-state index in [1.165, 1.54) is 82.9 Å². The molecule has 12 rings (SSSR count). The number of allylic oxidation sites excluding steroid dienone is 2. The summed E-state index contributed by atoms with van der Waals surface area (Å²) in [6.45, 7) is 0. The van der Waals surface area contributed by atoms with Gasteiger partial charge in [0.05, 0.1) is 11.4 Å². The molecule has 0 saturated carbocycles. The summed E-state index contributed by atoms with van der Waals surface area (Å²) in [5, 5.41) is 5.23. The van der Waals surface area contributed by atoms with Gasteiger partial charge in [-0.1, -0.05) is 176 Å².